The average molecular weight is 342 g/mol. The van der Waals surface area contributed by atoms with Crippen LogP contribution in [0.4, 0.5) is 0 Å². The number of phenols is 1. The number of hydrogen-bond acceptors (Lipinski definition) is 8. The molecule has 134 valence electrons. The number of benzene rings is 1. The molecular formula is C16H22O8. The zero-order chi connectivity index (χ0) is 18.1. The van der Waals surface area contributed by atoms with E-state index in [4.69, 9.17) is 9.47 Å². The quantitative estimate of drug-likeness (QED) is 0.548. The van der Waals surface area contributed by atoms with Gasteiger partial charge < -0.3 is 29.5 Å². The van der Waals surface area contributed by atoms with E-state index in [0.717, 1.165) is 0 Å². The van der Waals surface area contributed by atoms with Gasteiger partial charge in [-0.15, -0.1) is 0 Å². The maximum atomic E-state index is 10.9. The molecule has 8 nitrogen and oxygen atoms in total. The van der Waals surface area contributed by atoms with E-state index in [1.165, 1.54) is 38.1 Å². The number of carbonyl (C=O) groups excluding carboxylic acids is 2. The zero-order valence-corrected chi connectivity index (χ0v) is 13.5. The van der Waals surface area contributed by atoms with Gasteiger partial charge in [0.05, 0.1) is 6.61 Å². The van der Waals surface area contributed by atoms with Crippen LogP contribution in [0.15, 0.2) is 24.3 Å². The maximum Gasteiger partial charge on any atom is 0.302 e. The second-order valence-electron chi connectivity index (χ2n) is 5.17. The second kappa shape index (κ2) is 9.86. The maximum absolute atomic E-state index is 10.9. The summed E-state index contributed by atoms with van der Waals surface area (Å²) in [4.78, 5) is 21.6. The minimum Gasteiger partial charge on any atom is -0.508 e. The van der Waals surface area contributed by atoms with E-state index in [-0.39, 0.29) is 25.6 Å². The number of esters is 2. The number of aliphatic hydroxyl groups is 2. The minimum absolute atomic E-state index is 0.0434. The third kappa shape index (κ3) is 7.40. The van der Waals surface area contributed by atoms with E-state index in [2.05, 4.69) is 4.74 Å². The predicted octanol–water partition coefficient (Wildman–Crippen LogP) is 0.298. The van der Waals surface area contributed by atoms with E-state index in [9.17, 15) is 24.9 Å². The van der Waals surface area contributed by atoms with E-state index in [0.29, 0.717) is 5.56 Å². The molecule has 0 saturated heterocycles. The van der Waals surface area contributed by atoms with Crippen molar-refractivity contribution in [1.29, 1.82) is 0 Å². The monoisotopic (exact) mass is 342 g/mol. The number of carbonyl (C=O) groups is 2. The number of aliphatic hydroxyl groups excluding tert-OH is 2. The predicted molar refractivity (Wildman–Crippen MR) is 82.1 cm³/mol. The van der Waals surface area contributed by atoms with Gasteiger partial charge >= 0.3 is 11.9 Å². The fourth-order valence-corrected chi connectivity index (χ4v) is 1.86. The lowest BCUT2D eigenvalue weighted by atomic mass is 10.0. The van der Waals surface area contributed by atoms with Crippen LogP contribution in [0.25, 0.3) is 0 Å². The van der Waals surface area contributed by atoms with Crippen molar-refractivity contribution in [2.45, 2.75) is 32.2 Å². The smallest absolute Gasteiger partial charge is 0.302 e. The summed E-state index contributed by atoms with van der Waals surface area (Å²) in [6.07, 6.45) is -3.16. The first kappa shape index (κ1) is 19.9. The molecule has 1 rings (SSSR count). The molecule has 0 aliphatic carbocycles. The Bertz CT molecular complexity index is 527. The number of hydrogen-bond donors (Lipinski definition) is 3. The molecule has 0 fully saturated rings. The Kier molecular flexibility index (Phi) is 8.17. The van der Waals surface area contributed by atoms with Crippen LogP contribution in [0.2, 0.25) is 0 Å². The van der Waals surface area contributed by atoms with Crippen LogP contribution in [0.1, 0.15) is 25.5 Å². The van der Waals surface area contributed by atoms with Gasteiger partial charge in [0.2, 0.25) is 0 Å². The van der Waals surface area contributed by atoms with Crippen LogP contribution >= 0.6 is 0 Å². The van der Waals surface area contributed by atoms with E-state index >= 15 is 0 Å². The Morgan fingerprint density at radius 3 is 2.04 bits per heavy atom. The molecule has 1 aromatic carbocycles. The fourth-order valence-electron chi connectivity index (χ4n) is 1.86. The molecule has 0 aliphatic rings. The molecule has 0 aromatic heterocycles. The van der Waals surface area contributed by atoms with Crippen LogP contribution in [0, 0.1) is 0 Å². The Morgan fingerprint density at radius 1 is 0.958 bits per heavy atom. The molecule has 8 heteroatoms. The van der Waals surface area contributed by atoms with Crippen molar-refractivity contribution in [3.63, 3.8) is 0 Å². The van der Waals surface area contributed by atoms with Crippen molar-refractivity contribution in [2.24, 2.45) is 0 Å². The first-order valence-corrected chi connectivity index (χ1v) is 7.33. The van der Waals surface area contributed by atoms with Crippen LogP contribution < -0.4 is 0 Å². The van der Waals surface area contributed by atoms with Crippen molar-refractivity contribution in [1.82, 2.24) is 0 Å². The number of aromatic hydroxyl groups is 1. The van der Waals surface area contributed by atoms with Gasteiger partial charge in [-0.05, 0) is 17.7 Å². The lowest BCUT2D eigenvalue weighted by Gasteiger charge is -2.24. The summed E-state index contributed by atoms with van der Waals surface area (Å²) in [7, 11) is 0. The van der Waals surface area contributed by atoms with Gasteiger partial charge in [-0.25, -0.2) is 0 Å². The van der Waals surface area contributed by atoms with Gasteiger partial charge in [0.15, 0.2) is 0 Å². The first-order valence-electron chi connectivity index (χ1n) is 7.33. The van der Waals surface area contributed by atoms with Gasteiger partial charge in [-0.2, -0.15) is 0 Å². The molecule has 1 aromatic rings. The summed E-state index contributed by atoms with van der Waals surface area (Å²) in [5.74, 6) is -1.03. The summed E-state index contributed by atoms with van der Waals surface area (Å²) in [6, 6.07) is 5.91. The highest BCUT2D eigenvalue weighted by Crippen LogP contribution is 2.24. The molecule has 0 amide bonds. The third-order valence-electron chi connectivity index (χ3n) is 2.98. The third-order valence-corrected chi connectivity index (χ3v) is 2.98. The molecule has 0 saturated carbocycles. The van der Waals surface area contributed by atoms with Crippen LogP contribution in [0.3, 0.4) is 0 Å². The van der Waals surface area contributed by atoms with Gasteiger partial charge in [-0.3, -0.25) is 9.59 Å². The first-order chi connectivity index (χ1) is 11.3. The standard InChI is InChI=1S/C16H22O8/c1-10(17)22-7-14(20)8-24-16(15(21)9-23-11(2)18)12-3-5-13(19)6-4-12/h3-6,14-16,19-21H,7-9H2,1-2H3. The molecule has 0 radical (unpaired) electrons. The highest BCUT2D eigenvalue weighted by Gasteiger charge is 2.24. The fraction of sp³-hybridized carbons (Fsp3) is 0.500. The van der Waals surface area contributed by atoms with Gasteiger partial charge in [-0.1, -0.05) is 12.1 Å². The molecule has 0 bridgehead atoms. The van der Waals surface area contributed by atoms with Gasteiger partial charge in [0.25, 0.3) is 0 Å². The second-order valence-corrected chi connectivity index (χ2v) is 5.17. The Balaban J connectivity index is 2.71. The molecule has 3 N–H and O–H groups in total. The van der Waals surface area contributed by atoms with E-state index < -0.39 is 30.3 Å². The van der Waals surface area contributed by atoms with Crippen molar-refractivity contribution in [2.75, 3.05) is 19.8 Å². The van der Waals surface area contributed by atoms with Crippen molar-refractivity contribution in [3.8, 4) is 5.75 Å². The Morgan fingerprint density at radius 2 is 1.50 bits per heavy atom. The highest BCUT2D eigenvalue weighted by molar-refractivity contribution is 5.66. The minimum atomic E-state index is -1.18. The summed E-state index contributed by atoms with van der Waals surface area (Å²) >= 11 is 0. The molecule has 0 spiro atoms. The normalized spacial score (nSPS) is 14.5. The zero-order valence-electron chi connectivity index (χ0n) is 13.5. The van der Waals surface area contributed by atoms with Gasteiger partial charge in [0, 0.05) is 13.8 Å². The Hall–Kier alpha value is -2.16. The summed E-state index contributed by atoms with van der Waals surface area (Å²) in [5.41, 5.74) is 0.520. The van der Waals surface area contributed by atoms with Crippen LogP contribution in [0.5, 0.6) is 5.75 Å². The summed E-state index contributed by atoms with van der Waals surface area (Å²) in [6.45, 7) is 1.69. The topological polar surface area (TPSA) is 123 Å². The lowest BCUT2D eigenvalue weighted by molar-refractivity contribution is -0.151. The lowest BCUT2D eigenvalue weighted by Crippen LogP contribution is -2.31. The van der Waals surface area contributed by atoms with Gasteiger partial charge in [0.1, 0.15) is 37.3 Å². The average Bonchev–Trinajstić information content (AvgIpc) is 2.52. The van der Waals surface area contributed by atoms with Crippen molar-refractivity contribution < 1.29 is 39.1 Å². The molecule has 0 heterocycles. The molecule has 0 aliphatic heterocycles. The molecule has 3 unspecified atom stereocenters. The van der Waals surface area contributed by atoms with E-state index in [1.54, 1.807) is 0 Å². The highest BCUT2D eigenvalue weighted by atomic mass is 16.6. The van der Waals surface area contributed by atoms with Crippen LogP contribution in [-0.2, 0) is 23.8 Å². The van der Waals surface area contributed by atoms with Crippen molar-refractivity contribution >= 4 is 11.9 Å². The number of ether oxygens (including phenoxy) is 3. The van der Waals surface area contributed by atoms with Crippen LogP contribution in [-0.4, -0.2) is 59.3 Å². The number of phenolic OH excluding ortho intramolecular Hbond substituents is 1. The summed E-state index contributed by atoms with van der Waals surface area (Å²) in [5, 5.41) is 29.2. The van der Waals surface area contributed by atoms with E-state index in [1.807, 2.05) is 0 Å². The Labute approximate surface area is 139 Å². The SMILES string of the molecule is CC(=O)OCC(O)COC(c1ccc(O)cc1)C(O)COC(C)=O. The molecular weight excluding hydrogens is 320 g/mol. The number of rotatable bonds is 9. The molecule has 3 atom stereocenters. The largest absolute Gasteiger partial charge is 0.508 e. The van der Waals surface area contributed by atoms with Crippen molar-refractivity contribution in [3.05, 3.63) is 29.8 Å². The summed E-state index contributed by atoms with van der Waals surface area (Å²) < 4.78 is 14.9. The molecule has 24 heavy (non-hydrogen) atoms.